The maximum atomic E-state index is 11.8. The molecular formula is C8H9BrF2N2. The van der Waals surface area contributed by atoms with Gasteiger partial charge in [0, 0.05) is 6.20 Å². The molecule has 0 saturated carbocycles. The highest BCUT2D eigenvalue weighted by atomic mass is 79.9. The summed E-state index contributed by atoms with van der Waals surface area (Å²) in [5, 5.41) is 2.53. The van der Waals surface area contributed by atoms with Crippen LogP contribution in [0.3, 0.4) is 0 Å². The zero-order valence-electron chi connectivity index (χ0n) is 7.02. The van der Waals surface area contributed by atoms with Crippen molar-refractivity contribution in [2.75, 3.05) is 11.9 Å². The highest BCUT2D eigenvalue weighted by molar-refractivity contribution is 9.10. The highest BCUT2D eigenvalue weighted by Gasteiger charge is 2.05. The number of rotatable bonds is 3. The molecule has 0 aromatic carbocycles. The molecule has 2 nitrogen and oxygen atoms in total. The Kier molecular flexibility index (Phi) is 3.59. The molecule has 5 heteroatoms. The fourth-order valence-electron chi connectivity index (χ4n) is 0.837. The topological polar surface area (TPSA) is 24.9 Å². The summed E-state index contributed by atoms with van der Waals surface area (Å²) >= 11 is 3.23. The molecule has 0 radical (unpaired) electrons. The Hall–Kier alpha value is -0.710. The van der Waals surface area contributed by atoms with Crippen LogP contribution in [0, 0.1) is 6.92 Å². The number of anilines is 1. The Bertz CT molecular complexity index is 291. The van der Waals surface area contributed by atoms with Crippen LogP contribution in [0.25, 0.3) is 0 Å². The zero-order chi connectivity index (χ0) is 9.84. The molecule has 13 heavy (non-hydrogen) atoms. The second-order valence-electron chi connectivity index (χ2n) is 2.62. The van der Waals surface area contributed by atoms with Gasteiger partial charge in [-0.15, -0.1) is 0 Å². The summed E-state index contributed by atoms with van der Waals surface area (Å²) < 4.78 is 24.4. The minimum atomic E-state index is -2.37. The summed E-state index contributed by atoms with van der Waals surface area (Å²) in [6, 6.07) is 1.82. The number of halogens is 3. The van der Waals surface area contributed by atoms with Gasteiger partial charge < -0.3 is 5.32 Å². The summed E-state index contributed by atoms with van der Waals surface area (Å²) in [4.78, 5) is 3.96. The third kappa shape index (κ3) is 3.26. The van der Waals surface area contributed by atoms with Gasteiger partial charge in [-0.05, 0) is 34.5 Å². The maximum Gasteiger partial charge on any atom is 0.255 e. The number of nitrogens with zero attached hydrogens (tertiary/aromatic N) is 1. The van der Waals surface area contributed by atoms with Crippen LogP contribution < -0.4 is 5.32 Å². The molecule has 0 aliphatic rings. The molecule has 1 heterocycles. The molecule has 0 amide bonds. The van der Waals surface area contributed by atoms with Crippen LogP contribution in [0.5, 0.6) is 0 Å². The number of pyridine rings is 1. The lowest BCUT2D eigenvalue weighted by atomic mass is 10.3. The van der Waals surface area contributed by atoms with Gasteiger partial charge in [0.05, 0.1) is 11.0 Å². The molecule has 72 valence electrons. The van der Waals surface area contributed by atoms with Gasteiger partial charge in [0.25, 0.3) is 6.43 Å². The predicted molar refractivity (Wildman–Crippen MR) is 51.2 cm³/mol. The molecule has 0 atom stereocenters. The minimum absolute atomic E-state index is 0.380. The van der Waals surface area contributed by atoms with Gasteiger partial charge in [0.1, 0.15) is 5.82 Å². The maximum absolute atomic E-state index is 11.8. The first-order valence-electron chi connectivity index (χ1n) is 3.74. The number of alkyl halides is 2. The molecule has 0 bridgehead atoms. The fraction of sp³-hybridized carbons (Fsp3) is 0.375. The van der Waals surface area contributed by atoms with Crippen LogP contribution in [-0.2, 0) is 0 Å². The Balaban J connectivity index is 2.67. The first kappa shape index (κ1) is 10.4. The van der Waals surface area contributed by atoms with E-state index in [9.17, 15) is 8.78 Å². The number of hydrogen-bond acceptors (Lipinski definition) is 2. The van der Waals surface area contributed by atoms with Gasteiger partial charge in [-0.25, -0.2) is 13.8 Å². The van der Waals surface area contributed by atoms with Crippen molar-refractivity contribution in [1.29, 1.82) is 0 Å². The van der Waals surface area contributed by atoms with E-state index in [0.717, 1.165) is 5.56 Å². The highest BCUT2D eigenvalue weighted by Crippen LogP contribution is 2.20. The van der Waals surface area contributed by atoms with Gasteiger partial charge in [0.2, 0.25) is 0 Å². The fourth-order valence-corrected chi connectivity index (χ4v) is 1.44. The molecule has 0 aliphatic carbocycles. The number of nitrogens with one attached hydrogen (secondary N) is 1. The van der Waals surface area contributed by atoms with Gasteiger partial charge >= 0.3 is 0 Å². The lowest BCUT2D eigenvalue weighted by Gasteiger charge is -2.06. The minimum Gasteiger partial charge on any atom is -0.363 e. The molecule has 0 spiro atoms. The van der Waals surface area contributed by atoms with Crippen LogP contribution in [-0.4, -0.2) is 18.0 Å². The van der Waals surface area contributed by atoms with E-state index < -0.39 is 6.43 Å². The second-order valence-corrected chi connectivity index (χ2v) is 3.47. The average molecular weight is 251 g/mol. The lowest BCUT2D eigenvalue weighted by molar-refractivity contribution is 0.163. The van der Waals surface area contributed by atoms with Crippen LogP contribution in [0.2, 0.25) is 0 Å². The van der Waals surface area contributed by atoms with E-state index in [0.29, 0.717) is 10.3 Å². The van der Waals surface area contributed by atoms with Crippen molar-refractivity contribution in [3.63, 3.8) is 0 Å². The van der Waals surface area contributed by atoms with E-state index in [4.69, 9.17) is 0 Å². The van der Waals surface area contributed by atoms with Crippen molar-refractivity contribution in [3.8, 4) is 0 Å². The molecular weight excluding hydrogens is 242 g/mol. The smallest absolute Gasteiger partial charge is 0.255 e. The van der Waals surface area contributed by atoms with Gasteiger partial charge in [-0.1, -0.05) is 0 Å². The summed E-state index contributed by atoms with van der Waals surface area (Å²) in [5.74, 6) is 0.450. The normalized spacial score (nSPS) is 10.5. The average Bonchev–Trinajstić information content (AvgIpc) is 2.02. The molecule has 0 saturated heterocycles. The van der Waals surface area contributed by atoms with E-state index in [1.54, 1.807) is 6.20 Å². The monoisotopic (exact) mass is 250 g/mol. The first-order chi connectivity index (χ1) is 6.09. The van der Waals surface area contributed by atoms with Crippen LogP contribution >= 0.6 is 15.9 Å². The van der Waals surface area contributed by atoms with E-state index in [2.05, 4.69) is 26.2 Å². The third-order valence-corrected chi connectivity index (χ3v) is 2.01. The van der Waals surface area contributed by atoms with Crippen molar-refractivity contribution in [3.05, 3.63) is 22.3 Å². The zero-order valence-corrected chi connectivity index (χ0v) is 8.61. The quantitative estimate of drug-likeness (QED) is 0.893. The van der Waals surface area contributed by atoms with E-state index in [-0.39, 0.29) is 6.54 Å². The van der Waals surface area contributed by atoms with Crippen molar-refractivity contribution < 1.29 is 8.78 Å². The Morgan fingerprint density at radius 1 is 1.62 bits per heavy atom. The third-order valence-electron chi connectivity index (χ3n) is 1.40. The van der Waals surface area contributed by atoms with Gasteiger partial charge in [0.15, 0.2) is 0 Å². The van der Waals surface area contributed by atoms with Crippen molar-refractivity contribution >= 4 is 21.7 Å². The van der Waals surface area contributed by atoms with Crippen molar-refractivity contribution in [1.82, 2.24) is 4.98 Å². The summed E-state index contributed by atoms with van der Waals surface area (Å²) in [6.45, 7) is 1.50. The molecule has 1 aromatic rings. The molecule has 0 fully saturated rings. The molecule has 1 aromatic heterocycles. The van der Waals surface area contributed by atoms with E-state index in [1.165, 1.54) is 0 Å². The molecule has 0 unspecified atom stereocenters. The van der Waals surface area contributed by atoms with E-state index in [1.807, 2.05) is 13.0 Å². The number of aromatic nitrogens is 1. The summed E-state index contributed by atoms with van der Waals surface area (Å²) in [7, 11) is 0. The Morgan fingerprint density at radius 2 is 2.31 bits per heavy atom. The molecule has 0 aliphatic heterocycles. The Labute approximate surface area is 83.5 Å². The second kappa shape index (κ2) is 4.50. The summed E-state index contributed by atoms with van der Waals surface area (Å²) in [5.41, 5.74) is 0.981. The van der Waals surface area contributed by atoms with Crippen LogP contribution in [0.4, 0.5) is 14.6 Å². The van der Waals surface area contributed by atoms with Crippen molar-refractivity contribution in [2.45, 2.75) is 13.3 Å². The SMILES string of the molecule is Cc1cnc(NCC(F)F)c(Br)c1. The van der Waals surface area contributed by atoms with Gasteiger partial charge in [-0.2, -0.15) is 0 Å². The predicted octanol–water partition coefficient (Wildman–Crippen LogP) is 2.83. The number of hydrogen-bond donors (Lipinski definition) is 1. The van der Waals surface area contributed by atoms with E-state index >= 15 is 0 Å². The van der Waals surface area contributed by atoms with Crippen LogP contribution in [0.1, 0.15) is 5.56 Å². The first-order valence-corrected chi connectivity index (χ1v) is 4.53. The standard InChI is InChI=1S/C8H9BrF2N2/c1-5-2-6(9)8(12-3-5)13-4-7(10)11/h2-3,7H,4H2,1H3,(H,12,13). The lowest BCUT2D eigenvalue weighted by Crippen LogP contribution is -2.11. The largest absolute Gasteiger partial charge is 0.363 e. The molecule has 1 rings (SSSR count). The van der Waals surface area contributed by atoms with Gasteiger partial charge in [-0.3, -0.25) is 0 Å². The van der Waals surface area contributed by atoms with Crippen LogP contribution in [0.15, 0.2) is 16.7 Å². The summed E-state index contributed by atoms with van der Waals surface area (Å²) in [6.07, 6.45) is -0.742. The number of aryl methyl sites for hydroxylation is 1. The molecule has 1 N–H and O–H groups in total. The Morgan fingerprint density at radius 3 is 2.85 bits per heavy atom. The van der Waals surface area contributed by atoms with Crippen molar-refractivity contribution in [2.24, 2.45) is 0 Å².